The van der Waals surface area contributed by atoms with E-state index < -0.39 is 5.54 Å². The number of thiophene rings is 1. The molecule has 0 amide bonds. The third kappa shape index (κ3) is 3.35. The molecule has 0 bridgehead atoms. The fraction of sp³-hybridized carbons (Fsp3) is 0.529. The molecule has 0 aromatic carbocycles. The van der Waals surface area contributed by atoms with Crippen LogP contribution >= 0.6 is 11.3 Å². The number of hydrogen-bond donors (Lipinski definition) is 0. The second-order valence-corrected chi connectivity index (χ2v) is 7.48. The number of ketones is 1. The van der Waals surface area contributed by atoms with Crippen LogP contribution in [0.5, 0.6) is 0 Å². The summed E-state index contributed by atoms with van der Waals surface area (Å²) < 4.78 is 1.69. The Morgan fingerprint density at radius 3 is 2.87 bits per heavy atom. The van der Waals surface area contributed by atoms with E-state index in [2.05, 4.69) is 30.2 Å². The summed E-state index contributed by atoms with van der Waals surface area (Å²) in [4.78, 5) is 12.4. The van der Waals surface area contributed by atoms with Gasteiger partial charge in [-0.25, -0.2) is 4.68 Å². The van der Waals surface area contributed by atoms with Crippen molar-refractivity contribution in [2.45, 2.75) is 51.0 Å². The normalized spacial score (nSPS) is 17.0. The van der Waals surface area contributed by atoms with Gasteiger partial charge in [-0.05, 0) is 36.6 Å². The first-order chi connectivity index (χ1) is 11.0. The summed E-state index contributed by atoms with van der Waals surface area (Å²) in [6, 6.07) is 4.19. The van der Waals surface area contributed by atoms with E-state index in [0.29, 0.717) is 12.3 Å². The van der Waals surface area contributed by atoms with Crippen molar-refractivity contribution in [3.05, 3.63) is 34.3 Å². The van der Waals surface area contributed by atoms with Crippen LogP contribution in [0.1, 0.15) is 61.5 Å². The summed E-state index contributed by atoms with van der Waals surface area (Å²) >= 11 is 1.53. The molecule has 0 spiro atoms. The number of Topliss-reactive ketones (excluding diaryl/α,β-unsaturated/α-hetero) is 1. The van der Waals surface area contributed by atoms with E-state index in [9.17, 15) is 10.1 Å². The van der Waals surface area contributed by atoms with Crippen molar-refractivity contribution < 1.29 is 4.79 Å². The SMILES string of the molecule is CC(C)C[C@H](CC(=O)c1ccsc1)c1cn(C2(C#N)CC2)nn1. The fourth-order valence-electron chi connectivity index (χ4n) is 2.83. The summed E-state index contributed by atoms with van der Waals surface area (Å²) in [6.45, 7) is 4.29. The molecular formula is C17H20N4OS. The highest BCUT2D eigenvalue weighted by molar-refractivity contribution is 7.08. The number of carbonyl (C=O) groups is 1. The van der Waals surface area contributed by atoms with Crippen molar-refractivity contribution in [2.75, 3.05) is 0 Å². The van der Waals surface area contributed by atoms with Crippen LogP contribution in [0.25, 0.3) is 0 Å². The Labute approximate surface area is 139 Å². The molecule has 1 atom stereocenters. The number of nitrogens with zero attached hydrogens (tertiary/aromatic N) is 4. The highest BCUT2D eigenvalue weighted by Gasteiger charge is 2.46. The highest BCUT2D eigenvalue weighted by atomic mass is 32.1. The van der Waals surface area contributed by atoms with E-state index in [-0.39, 0.29) is 11.7 Å². The molecule has 0 radical (unpaired) electrons. The molecule has 2 aromatic rings. The first-order valence-corrected chi connectivity index (χ1v) is 8.88. The molecule has 0 aliphatic heterocycles. The van der Waals surface area contributed by atoms with Gasteiger partial charge in [0, 0.05) is 23.3 Å². The van der Waals surface area contributed by atoms with Crippen molar-refractivity contribution in [1.82, 2.24) is 15.0 Å². The molecule has 120 valence electrons. The Morgan fingerprint density at radius 2 is 2.30 bits per heavy atom. The van der Waals surface area contributed by atoms with Crippen LogP contribution in [0.3, 0.4) is 0 Å². The molecule has 0 unspecified atom stereocenters. The Balaban J connectivity index is 1.79. The van der Waals surface area contributed by atoms with Gasteiger partial charge in [0.15, 0.2) is 11.3 Å². The van der Waals surface area contributed by atoms with Crippen LogP contribution in [0.2, 0.25) is 0 Å². The smallest absolute Gasteiger partial charge is 0.164 e. The number of nitriles is 1. The maximum Gasteiger partial charge on any atom is 0.164 e. The summed E-state index contributed by atoms with van der Waals surface area (Å²) in [7, 11) is 0. The van der Waals surface area contributed by atoms with Crippen molar-refractivity contribution in [2.24, 2.45) is 5.92 Å². The minimum Gasteiger partial charge on any atom is -0.294 e. The zero-order valence-electron chi connectivity index (χ0n) is 13.4. The summed E-state index contributed by atoms with van der Waals surface area (Å²) in [6.07, 6.45) is 4.84. The Kier molecular flexibility index (Phi) is 4.31. The van der Waals surface area contributed by atoms with E-state index in [1.54, 1.807) is 4.68 Å². The fourth-order valence-corrected chi connectivity index (χ4v) is 3.49. The average Bonchev–Trinajstić information content (AvgIpc) is 2.95. The molecule has 23 heavy (non-hydrogen) atoms. The van der Waals surface area contributed by atoms with Gasteiger partial charge in [-0.15, -0.1) is 5.10 Å². The minimum atomic E-state index is -0.495. The van der Waals surface area contributed by atoms with E-state index in [1.165, 1.54) is 11.3 Å². The molecule has 2 aromatic heterocycles. The molecule has 0 N–H and O–H groups in total. The lowest BCUT2D eigenvalue weighted by Crippen LogP contribution is -2.15. The Morgan fingerprint density at radius 1 is 1.52 bits per heavy atom. The number of aromatic nitrogens is 3. The van der Waals surface area contributed by atoms with Gasteiger partial charge < -0.3 is 0 Å². The van der Waals surface area contributed by atoms with Crippen molar-refractivity contribution in [3.63, 3.8) is 0 Å². The lowest BCUT2D eigenvalue weighted by Gasteiger charge is -2.15. The summed E-state index contributed by atoms with van der Waals surface area (Å²) in [5.74, 6) is 0.657. The van der Waals surface area contributed by atoms with Gasteiger partial charge in [0.1, 0.15) is 0 Å². The maximum atomic E-state index is 12.4. The van der Waals surface area contributed by atoms with Gasteiger partial charge in [-0.2, -0.15) is 16.6 Å². The highest BCUT2D eigenvalue weighted by Crippen LogP contribution is 2.42. The molecule has 1 fully saturated rings. The maximum absolute atomic E-state index is 12.4. The van der Waals surface area contributed by atoms with Crippen LogP contribution in [-0.4, -0.2) is 20.8 Å². The third-order valence-corrected chi connectivity index (χ3v) is 5.01. The number of rotatable bonds is 7. The minimum absolute atomic E-state index is 0.0469. The number of hydrogen-bond acceptors (Lipinski definition) is 5. The first kappa shape index (κ1) is 15.9. The Bertz CT molecular complexity index is 722. The van der Waals surface area contributed by atoms with Crippen LogP contribution in [-0.2, 0) is 5.54 Å². The molecule has 6 heteroatoms. The predicted octanol–water partition coefficient (Wildman–Crippen LogP) is 3.75. The Hall–Kier alpha value is -2.00. The molecule has 5 nitrogen and oxygen atoms in total. The molecule has 0 saturated heterocycles. The average molecular weight is 328 g/mol. The van der Waals surface area contributed by atoms with Gasteiger partial charge in [-0.3, -0.25) is 4.79 Å². The zero-order chi connectivity index (χ0) is 16.4. The van der Waals surface area contributed by atoms with Crippen LogP contribution in [0.4, 0.5) is 0 Å². The quantitative estimate of drug-likeness (QED) is 0.726. The molecular weight excluding hydrogens is 308 g/mol. The van der Waals surface area contributed by atoms with Crippen molar-refractivity contribution in [3.8, 4) is 6.07 Å². The number of carbonyl (C=O) groups excluding carboxylic acids is 1. The van der Waals surface area contributed by atoms with Crippen LogP contribution in [0.15, 0.2) is 23.0 Å². The van der Waals surface area contributed by atoms with Crippen LogP contribution in [0, 0.1) is 17.2 Å². The second-order valence-electron chi connectivity index (χ2n) is 6.70. The van der Waals surface area contributed by atoms with Gasteiger partial charge in [0.2, 0.25) is 0 Å². The summed E-state index contributed by atoms with van der Waals surface area (Å²) in [5.41, 5.74) is 1.10. The van der Waals surface area contributed by atoms with E-state index in [1.807, 2.05) is 23.0 Å². The monoisotopic (exact) mass is 328 g/mol. The largest absolute Gasteiger partial charge is 0.294 e. The van der Waals surface area contributed by atoms with E-state index in [0.717, 1.165) is 30.5 Å². The first-order valence-electron chi connectivity index (χ1n) is 7.93. The van der Waals surface area contributed by atoms with Crippen molar-refractivity contribution >= 4 is 17.1 Å². The summed E-state index contributed by atoms with van der Waals surface area (Å²) in [5, 5.41) is 21.5. The topological polar surface area (TPSA) is 71.6 Å². The lowest BCUT2D eigenvalue weighted by atomic mass is 9.89. The molecule has 1 aliphatic carbocycles. The van der Waals surface area contributed by atoms with Gasteiger partial charge in [0.25, 0.3) is 0 Å². The lowest BCUT2D eigenvalue weighted by molar-refractivity contribution is 0.0970. The van der Waals surface area contributed by atoms with Gasteiger partial charge >= 0.3 is 0 Å². The van der Waals surface area contributed by atoms with E-state index in [4.69, 9.17) is 0 Å². The third-order valence-electron chi connectivity index (χ3n) is 4.33. The molecule has 1 aliphatic rings. The second kappa shape index (κ2) is 6.25. The standard InChI is InChI=1S/C17H20N4OS/c1-12(2)7-14(8-16(22)13-3-6-23-10-13)15-9-21(20-19-15)17(11-18)4-5-17/h3,6,9-10,12,14H,4-5,7-8H2,1-2H3/t14-/m1/s1. The van der Waals surface area contributed by atoms with Gasteiger partial charge in [0.05, 0.1) is 18.0 Å². The van der Waals surface area contributed by atoms with Crippen molar-refractivity contribution in [1.29, 1.82) is 5.26 Å². The zero-order valence-corrected chi connectivity index (χ0v) is 14.2. The molecule has 3 rings (SSSR count). The van der Waals surface area contributed by atoms with Crippen LogP contribution < -0.4 is 0 Å². The van der Waals surface area contributed by atoms with E-state index >= 15 is 0 Å². The molecule has 2 heterocycles. The predicted molar refractivity (Wildman–Crippen MR) is 88.3 cm³/mol. The molecule has 1 saturated carbocycles. The van der Waals surface area contributed by atoms with Gasteiger partial charge in [-0.1, -0.05) is 19.1 Å².